The van der Waals surface area contributed by atoms with Crippen LogP contribution in [0.1, 0.15) is 19.4 Å². The molecule has 0 heterocycles. The molecule has 17 heavy (non-hydrogen) atoms. The molecule has 3 heteroatoms. The smallest absolute Gasteiger partial charge is 0.310 e. The van der Waals surface area contributed by atoms with Gasteiger partial charge in [-0.25, -0.2) is 0 Å². The van der Waals surface area contributed by atoms with E-state index in [0.717, 1.165) is 0 Å². The van der Waals surface area contributed by atoms with Crippen molar-refractivity contribution < 1.29 is 15.0 Å². The molecule has 0 spiro atoms. The van der Waals surface area contributed by atoms with Gasteiger partial charge in [0.15, 0.2) is 0 Å². The molecule has 2 unspecified atom stereocenters. The lowest BCUT2D eigenvalue weighted by Gasteiger charge is -2.33. The van der Waals surface area contributed by atoms with E-state index in [1.54, 1.807) is 38.1 Å². The first-order valence-corrected chi connectivity index (χ1v) is 5.57. The first-order chi connectivity index (χ1) is 7.93. The molecule has 1 aromatic carbocycles. The van der Waals surface area contributed by atoms with Gasteiger partial charge in [0.2, 0.25) is 0 Å². The lowest BCUT2D eigenvalue weighted by atomic mass is 9.75. The molecule has 0 radical (unpaired) electrons. The van der Waals surface area contributed by atoms with Crippen molar-refractivity contribution in [1.29, 1.82) is 0 Å². The van der Waals surface area contributed by atoms with E-state index in [9.17, 15) is 15.0 Å². The van der Waals surface area contributed by atoms with E-state index in [-0.39, 0.29) is 5.92 Å². The van der Waals surface area contributed by atoms with Crippen LogP contribution in [0, 0.1) is 11.8 Å². The van der Waals surface area contributed by atoms with Crippen LogP contribution >= 0.6 is 0 Å². The van der Waals surface area contributed by atoms with E-state index in [0.29, 0.717) is 5.56 Å². The number of carboxylic acids is 1. The van der Waals surface area contributed by atoms with Gasteiger partial charge in [0.25, 0.3) is 0 Å². The van der Waals surface area contributed by atoms with E-state index in [1.807, 2.05) is 6.07 Å². The zero-order valence-electron chi connectivity index (χ0n) is 10.1. The molecular formula is C14H18O3. The van der Waals surface area contributed by atoms with E-state index in [4.69, 9.17) is 0 Å². The Balaban J connectivity index is 3.28. The van der Waals surface area contributed by atoms with Crippen LogP contribution in [0.3, 0.4) is 0 Å². The molecule has 0 saturated carbocycles. The van der Waals surface area contributed by atoms with Gasteiger partial charge >= 0.3 is 5.97 Å². The van der Waals surface area contributed by atoms with Crippen LogP contribution in [-0.2, 0) is 10.4 Å². The standard InChI is InChI=1S/C14H18O3/c1-4-14(17,11-8-6-5-7-9-11)12(10(2)3)13(15)16/h4-10,12,17H,1H2,2-3H3,(H,15,16). The third-order valence-electron chi connectivity index (χ3n) is 2.95. The summed E-state index contributed by atoms with van der Waals surface area (Å²) in [5.41, 5.74) is -0.988. The lowest BCUT2D eigenvalue weighted by Crippen LogP contribution is -2.41. The van der Waals surface area contributed by atoms with E-state index >= 15 is 0 Å². The first-order valence-electron chi connectivity index (χ1n) is 5.57. The third-order valence-corrected chi connectivity index (χ3v) is 2.95. The molecule has 0 aliphatic rings. The molecular weight excluding hydrogens is 216 g/mol. The Morgan fingerprint density at radius 3 is 2.24 bits per heavy atom. The van der Waals surface area contributed by atoms with Crippen molar-refractivity contribution in [2.45, 2.75) is 19.4 Å². The summed E-state index contributed by atoms with van der Waals surface area (Å²) in [5.74, 6) is -2.13. The molecule has 0 bridgehead atoms. The predicted molar refractivity (Wildman–Crippen MR) is 66.5 cm³/mol. The van der Waals surface area contributed by atoms with Gasteiger partial charge in [0.05, 0.1) is 5.92 Å². The average Bonchev–Trinajstić information content (AvgIpc) is 2.29. The zero-order valence-corrected chi connectivity index (χ0v) is 10.1. The summed E-state index contributed by atoms with van der Waals surface area (Å²) in [6.45, 7) is 7.13. The summed E-state index contributed by atoms with van der Waals surface area (Å²) < 4.78 is 0. The first kappa shape index (κ1) is 13.5. The van der Waals surface area contributed by atoms with Gasteiger partial charge in [-0.15, -0.1) is 0 Å². The number of hydrogen-bond donors (Lipinski definition) is 2. The Morgan fingerprint density at radius 2 is 1.88 bits per heavy atom. The highest BCUT2D eigenvalue weighted by Gasteiger charge is 2.42. The highest BCUT2D eigenvalue weighted by atomic mass is 16.4. The summed E-state index contributed by atoms with van der Waals surface area (Å²) in [6.07, 6.45) is 1.31. The highest BCUT2D eigenvalue weighted by Crippen LogP contribution is 2.35. The number of aliphatic hydroxyl groups is 1. The molecule has 0 aromatic heterocycles. The number of rotatable bonds is 5. The Hall–Kier alpha value is -1.61. The normalized spacial score (nSPS) is 16.2. The predicted octanol–water partition coefficient (Wildman–Crippen LogP) is 2.42. The molecule has 0 fully saturated rings. The second-order valence-electron chi connectivity index (χ2n) is 4.46. The Bertz CT molecular complexity index is 397. The summed E-state index contributed by atoms with van der Waals surface area (Å²) in [7, 11) is 0. The van der Waals surface area contributed by atoms with E-state index in [2.05, 4.69) is 6.58 Å². The minimum absolute atomic E-state index is 0.198. The molecule has 0 aliphatic carbocycles. The third kappa shape index (κ3) is 2.56. The number of aliphatic carboxylic acids is 1. The number of benzene rings is 1. The van der Waals surface area contributed by atoms with Crippen LogP contribution in [0.5, 0.6) is 0 Å². The maximum absolute atomic E-state index is 11.3. The summed E-state index contributed by atoms with van der Waals surface area (Å²) in [5, 5.41) is 19.9. The summed E-state index contributed by atoms with van der Waals surface area (Å²) >= 11 is 0. The molecule has 1 rings (SSSR count). The van der Waals surface area contributed by atoms with Gasteiger partial charge in [0, 0.05) is 0 Å². The number of hydrogen-bond acceptors (Lipinski definition) is 2. The molecule has 1 aromatic rings. The van der Waals surface area contributed by atoms with Crippen molar-refractivity contribution in [1.82, 2.24) is 0 Å². The average molecular weight is 234 g/mol. The van der Waals surface area contributed by atoms with Gasteiger partial charge in [-0.05, 0) is 11.5 Å². The van der Waals surface area contributed by atoms with Crippen LogP contribution in [-0.4, -0.2) is 16.2 Å². The maximum Gasteiger partial charge on any atom is 0.310 e. The molecule has 2 N–H and O–H groups in total. The lowest BCUT2D eigenvalue weighted by molar-refractivity contribution is -0.152. The van der Waals surface area contributed by atoms with Crippen molar-refractivity contribution >= 4 is 5.97 Å². The largest absolute Gasteiger partial charge is 0.481 e. The minimum Gasteiger partial charge on any atom is -0.481 e. The topological polar surface area (TPSA) is 57.5 Å². The molecule has 2 atom stereocenters. The van der Waals surface area contributed by atoms with Crippen LogP contribution < -0.4 is 0 Å². The molecule has 0 amide bonds. The van der Waals surface area contributed by atoms with Gasteiger partial charge < -0.3 is 10.2 Å². The van der Waals surface area contributed by atoms with E-state index < -0.39 is 17.5 Å². The van der Waals surface area contributed by atoms with Crippen LogP contribution in [0.4, 0.5) is 0 Å². The fraction of sp³-hybridized carbons (Fsp3) is 0.357. The van der Waals surface area contributed by atoms with Gasteiger partial charge in [0.1, 0.15) is 5.60 Å². The molecule has 3 nitrogen and oxygen atoms in total. The number of carboxylic acid groups (broad SMARTS) is 1. The van der Waals surface area contributed by atoms with Crippen molar-refractivity contribution in [3.8, 4) is 0 Å². The van der Waals surface area contributed by atoms with Crippen LogP contribution in [0.2, 0.25) is 0 Å². The van der Waals surface area contributed by atoms with Gasteiger partial charge in [-0.3, -0.25) is 4.79 Å². The van der Waals surface area contributed by atoms with Crippen LogP contribution in [0.15, 0.2) is 43.0 Å². The fourth-order valence-electron chi connectivity index (χ4n) is 2.11. The second-order valence-corrected chi connectivity index (χ2v) is 4.46. The zero-order chi connectivity index (χ0) is 13.1. The van der Waals surface area contributed by atoms with Gasteiger partial charge in [-0.2, -0.15) is 0 Å². The number of carbonyl (C=O) groups is 1. The molecule has 0 aliphatic heterocycles. The van der Waals surface area contributed by atoms with Crippen molar-refractivity contribution in [2.75, 3.05) is 0 Å². The van der Waals surface area contributed by atoms with E-state index in [1.165, 1.54) is 6.08 Å². The van der Waals surface area contributed by atoms with Gasteiger partial charge in [-0.1, -0.05) is 56.8 Å². The van der Waals surface area contributed by atoms with Crippen molar-refractivity contribution in [2.24, 2.45) is 11.8 Å². The SMILES string of the molecule is C=CC(O)(c1ccccc1)C(C(=O)O)C(C)C. The maximum atomic E-state index is 11.3. The summed E-state index contributed by atoms with van der Waals surface area (Å²) in [6, 6.07) is 8.77. The van der Waals surface area contributed by atoms with Crippen LogP contribution in [0.25, 0.3) is 0 Å². The Labute approximate surface area is 101 Å². The minimum atomic E-state index is -1.54. The van der Waals surface area contributed by atoms with Crippen molar-refractivity contribution in [3.63, 3.8) is 0 Å². The fourth-order valence-corrected chi connectivity index (χ4v) is 2.11. The Morgan fingerprint density at radius 1 is 1.35 bits per heavy atom. The summed E-state index contributed by atoms with van der Waals surface area (Å²) in [4.78, 5) is 11.3. The van der Waals surface area contributed by atoms with Crippen molar-refractivity contribution in [3.05, 3.63) is 48.6 Å². The quantitative estimate of drug-likeness (QED) is 0.769. The second kappa shape index (κ2) is 5.15. The molecule has 0 saturated heterocycles. The highest BCUT2D eigenvalue weighted by molar-refractivity contribution is 5.73. The molecule has 92 valence electrons. The Kier molecular flexibility index (Phi) is 4.07. The monoisotopic (exact) mass is 234 g/mol.